The highest BCUT2D eigenvalue weighted by Gasteiger charge is 2.24. The Morgan fingerprint density at radius 1 is 1.27 bits per heavy atom. The van der Waals surface area contributed by atoms with Crippen LogP contribution in [0.3, 0.4) is 0 Å². The van der Waals surface area contributed by atoms with Crippen LogP contribution in [0.5, 0.6) is 0 Å². The number of nitrogens with one attached hydrogen (secondary N) is 1. The first kappa shape index (κ1) is 14.6. The van der Waals surface area contributed by atoms with E-state index in [0.29, 0.717) is 0 Å². The first-order chi connectivity index (χ1) is 10.7. The molecule has 1 aromatic carbocycles. The number of carbonyl (C=O) groups excluding carboxylic acids is 1. The van der Waals surface area contributed by atoms with Crippen molar-refractivity contribution in [3.05, 3.63) is 70.8 Å². The standard InChI is InChI=1S/C18H19NO3/c20-11-14-6-7-15-9-17(10-16(15)8-14)19-18(21)22-12-13-4-2-1-3-5-13/h1-6,8-9,17,20H,7,10-12H2,(H,19,21)/t17-/m0/s1. The van der Waals surface area contributed by atoms with Crippen LogP contribution in [0, 0.1) is 0 Å². The largest absolute Gasteiger partial charge is 0.445 e. The highest BCUT2D eigenvalue weighted by Crippen LogP contribution is 2.32. The fourth-order valence-corrected chi connectivity index (χ4v) is 2.77. The molecule has 1 amide bonds. The number of alkyl carbamates (subject to hydrolysis) is 1. The topological polar surface area (TPSA) is 58.6 Å². The minimum Gasteiger partial charge on any atom is -0.445 e. The van der Waals surface area contributed by atoms with Gasteiger partial charge in [-0.3, -0.25) is 0 Å². The highest BCUT2D eigenvalue weighted by atomic mass is 16.5. The van der Waals surface area contributed by atoms with E-state index in [2.05, 4.69) is 11.4 Å². The summed E-state index contributed by atoms with van der Waals surface area (Å²) in [6.45, 7) is 0.336. The molecule has 0 spiro atoms. The Labute approximate surface area is 129 Å². The number of aliphatic hydroxyl groups is 1. The minimum atomic E-state index is -0.403. The number of hydrogen-bond acceptors (Lipinski definition) is 3. The zero-order valence-corrected chi connectivity index (χ0v) is 12.3. The molecule has 0 unspecified atom stereocenters. The molecular weight excluding hydrogens is 278 g/mol. The molecule has 1 atom stereocenters. The zero-order chi connectivity index (χ0) is 15.4. The van der Waals surface area contributed by atoms with Gasteiger partial charge in [0.05, 0.1) is 12.6 Å². The van der Waals surface area contributed by atoms with Crippen LogP contribution < -0.4 is 5.32 Å². The molecule has 4 nitrogen and oxygen atoms in total. The highest BCUT2D eigenvalue weighted by molar-refractivity contribution is 5.68. The van der Waals surface area contributed by atoms with Crippen molar-refractivity contribution in [2.75, 3.05) is 6.61 Å². The summed E-state index contributed by atoms with van der Waals surface area (Å²) in [7, 11) is 0. The second kappa shape index (κ2) is 6.62. The van der Waals surface area contributed by atoms with Gasteiger partial charge in [0.25, 0.3) is 0 Å². The Kier molecular flexibility index (Phi) is 4.39. The monoisotopic (exact) mass is 297 g/mol. The van der Waals surface area contributed by atoms with Crippen LogP contribution in [0.1, 0.15) is 18.4 Å². The molecule has 0 saturated carbocycles. The summed E-state index contributed by atoms with van der Waals surface area (Å²) in [4.78, 5) is 11.9. The average molecular weight is 297 g/mol. The van der Waals surface area contributed by atoms with E-state index < -0.39 is 6.09 Å². The Morgan fingerprint density at radius 3 is 2.86 bits per heavy atom. The molecule has 2 aliphatic rings. The van der Waals surface area contributed by atoms with Crippen LogP contribution in [0.15, 0.2) is 65.3 Å². The van der Waals surface area contributed by atoms with Crippen LogP contribution in [0.2, 0.25) is 0 Å². The molecule has 0 radical (unpaired) electrons. The zero-order valence-electron chi connectivity index (χ0n) is 12.3. The van der Waals surface area contributed by atoms with Gasteiger partial charge in [-0.15, -0.1) is 0 Å². The normalized spacial score (nSPS) is 19.7. The van der Waals surface area contributed by atoms with Crippen molar-refractivity contribution in [2.45, 2.75) is 25.5 Å². The lowest BCUT2D eigenvalue weighted by atomic mass is 9.96. The predicted octanol–water partition coefficient (Wildman–Crippen LogP) is 2.86. The SMILES string of the molecule is O=C(N[C@H]1C=C2CC=C(CO)C=C2C1)OCc1ccccc1. The molecule has 2 aliphatic carbocycles. The second-order valence-corrected chi connectivity index (χ2v) is 5.52. The Hall–Kier alpha value is -2.33. The molecular formula is C18H19NO3. The first-order valence-electron chi connectivity index (χ1n) is 7.43. The average Bonchev–Trinajstić information content (AvgIpc) is 2.95. The Balaban J connectivity index is 1.51. The first-order valence-corrected chi connectivity index (χ1v) is 7.43. The molecule has 0 fully saturated rings. The molecule has 2 N–H and O–H groups in total. The van der Waals surface area contributed by atoms with Gasteiger partial charge in [-0.2, -0.15) is 0 Å². The Bertz CT molecular complexity index is 644. The molecule has 0 aliphatic heterocycles. The Morgan fingerprint density at radius 2 is 2.09 bits per heavy atom. The van der Waals surface area contributed by atoms with Crippen molar-refractivity contribution in [1.82, 2.24) is 5.32 Å². The number of hydrogen-bond donors (Lipinski definition) is 2. The quantitative estimate of drug-likeness (QED) is 0.898. The van der Waals surface area contributed by atoms with Crippen LogP contribution in [0.4, 0.5) is 4.79 Å². The number of amides is 1. The molecule has 0 heterocycles. The van der Waals surface area contributed by atoms with E-state index in [9.17, 15) is 9.90 Å². The molecule has 3 rings (SSSR count). The maximum Gasteiger partial charge on any atom is 0.407 e. The van der Waals surface area contributed by atoms with E-state index in [4.69, 9.17) is 4.74 Å². The summed E-state index contributed by atoms with van der Waals surface area (Å²) >= 11 is 0. The summed E-state index contributed by atoms with van der Waals surface area (Å²) in [5.74, 6) is 0. The number of aliphatic hydroxyl groups excluding tert-OH is 1. The molecule has 114 valence electrons. The van der Waals surface area contributed by atoms with Crippen LogP contribution >= 0.6 is 0 Å². The van der Waals surface area contributed by atoms with Gasteiger partial charge in [-0.25, -0.2) is 4.79 Å². The van der Waals surface area contributed by atoms with Gasteiger partial charge in [0.1, 0.15) is 6.61 Å². The van der Waals surface area contributed by atoms with Gasteiger partial charge in [0, 0.05) is 0 Å². The number of rotatable bonds is 4. The van der Waals surface area contributed by atoms with Crippen LogP contribution in [0.25, 0.3) is 0 Å². The fraction of sp³-hybridized carbons (Fsp3) is 0.278. The third-order valence-corrected chi connectivity index (χ3v) is 3.90. The summed E-state index contributed by atoms with van der Waals surface area (Å²) in [5.41, 5.74) is 4.33. The van der Waals surface area contributed by atoms with Crippen LogP contribution in [-0.2, 0) is 11.3 Å². The van der Waals surface area contributed by atoms with E-state index in [1.54, 1.807) is 0 Å². The van der Waals surface area contributed by atoms with Crippen molar-refractivity contribution in [3.63, 3.8) is 0 Å². The minimum absolute atomic E-state index is 0.0315. The van der Waals surface area contributed by atoms with E-state index in [1.165, 1.54) is 11.1 Å². The molecule has 0 aromatic heterocycles. The van der Waals surface area contributed by atoms with Gasteiger partial charge in [-0.1, -0.05) is 48.6 Å². The summed E-state index contributed by atoms with van der Waals surface area (Å²) < 4.78 is 5.23. The van der Waals surface area contributed by atoms with Gasteiger partial charge >= 0.3 is 6.09 Å². The van der Waals surface area contributed by atoms with Crippen molar-refractivity contribution in [1.29, 1.82) is 0 Å². The summed E-state index contributed by atoms with van der Waals surface area (Å²) in [6.07, 6.45) is 7.27. The van der Waals surface area contributed by atoms with E-state index in [-0.39, 0.29) is 19.3 Å². The second-order valence-electron chi connectivity index (χ2n) is 5.52. The van der Waals surface area contributed by atoms with Crippen molar-refractivity contribution in [2.24, 2.45) is 0 Å². The molecule has 0 saturated heterocycles. The maximum atomic E-state index is 11.9. The van der Waals surface area contributed by atoms with Crippen molar-refractivity contribution >= 4 is 6.09 Å². The lowest BCUT2D eigenvalue weighted by Gasteiger charge is -2.12. The number of benzene rings is 1. The number of carbonyl (C=O) groups is 1. The van der Waals surface area contributed by atoms with E-state index in [1.807, 2.05) is 42.5 Å². The number of allylic oxidation sites excluding steroid dienone is 2. The van der Waals surface area contributed by atoms with Crippen LogP contribution in [-0.4, -0.2) is 23.8 Å². The fourth-order valence-electron chi connectivity index (χ4n) is 2.77. The third kappa shape index (κ3) is 3.46. The van der Waals surface area contributed by atoms with E-state index in [0.717, 1.165) is 24.0 Å². The molecule has 22 heavy (non-hydrogen) atoms. The lowest BCUT2D eigenvalue weighted by Crippen LogP contribution is -2.32. The lowest BCUT2D eigenvalue weighted by molar-refractivity contribution is 0.137. The predicted molar refractivity (Wildman–Crippen MR) is 84.1 cm³/mol. The maximum absolute atomic E-state index is 11.9. The summed E-state index contributed by atoms with van der Waals surface area (Å²) in [5, 5.41) is 12.1. The van der Waals surface area contributed by atoms with Gasteiger partial charge in [-0.05, 0) is 35.1 Å². The molecule has 1 aromatic rings. The molecule has 4 heteroatoms. The third-order valence-electron chi connectivity index (χ3n) is 3.90. The summed E-state index contributed by atoms with van der Waals surface area (Å²) in [6, 6.07) is 9.58. The van der Waals surface area contributed by atoms with E-state index >= 15 is 0 Å². The molecule has 0 bridgehead atoms. The smallest absolute Gasteiger partial charge is 0.407 e. The van der Waals surface area contributed by atoms with Gasteiger partial charge in [0.15, 0.2) is 0 Å². The van der Waals surface area contributed by atoms with Gasteiger partial charge in [0.2, 0.25) is 0 Å². The van der Waals surface area contributed by atoms with Crippen molar-refractivity contribution < 1.29 is 14.6 Å². The van der Waals surface area contributed by atoms with Gasteiger partial charge < -0.3 is 15.2 Å². The number of ether oxygens (including phenoxy) is 1. The van der Waals surface area contributed by atoms with Crippen molar-refractivity contribution in [3.8, 4) is 0 Å². The number of fused-ring (bicyclic) bond motifs is 1.